The Bertz CT molecular complexity index is 586. The maximum atomic E-state index is 6.37. The predicted octanol–water partition coefficient (Wildman–Crippen LogP) is 5.69. The van der Waals surface area contributed by atoms with E-state index in [1.54, 1.807) is 6.07 Å². The van der Waals surface area contributed by atoms with Gasteiger partial charge in [-0.25, -0.2) is 0 Å². The topological polar surface area (TPSA) is 12.0 Å². The summed E-state index contributed by atoms with van der Waals surface area (Å²) in [5, 5.41) is 4.92. The highest BCUT2D eigenvalue weighted by atomic mass is 127. The lowest BCUT2D eigenvalue weighted by Crippen LogP contribution is -2.23. The van der Waals surface area contributed by atoms with Crippen LogP contribution in [0.25, 0.3) is 0 Å². The highest BCUT2D eigenvalue weighted by Gasteiger charge is 2.16. The highest BCUT2D eigenvalue weighted by molar-refractivity contribution is 14.1. The van der Waals surface area contributed by atoms with Crippen molar-refractivity contribution in [3.8, 4) is 0 Å². The fraction of sp³-hybridized carbons (Fsp3) is 0.250. The summed E-state index contributed by atoms with van der Waals surface area (Å²) in [6, 6.07) is 14.2. The lowest BCUT2D eigenvalue weighted by Gasteiger charge is -2.21. The molecule has 0 aliphatic heterocycles. The Kier molecular flexibility index (Phi) is 6.15. The van der Waals surface area contributed by atoms with Gasteiger partial charge in [0.15, 0.2) is 0 Å². The van der Waals surface area contributed by atoms with Crippen LogP contribution in [0.1, 0.15) is 30.5 Å². The van der Waals surface area contributed by atoms with Crippen LogP contribution in [0.15, 0.2) is 42.5 Å². The summed E-state index contributed by atoms with van der Waals surface area (Å²) in [5.41, 5.74) is 2.28. The third-order valence-electron chi connectivity index (χ3n) is 3.05. The van der Waals surface area contributed by atoms with Crippen molar-refractivity contribution in [2.75, 3.05) is 6.54 Å². The molecule has 0 aliphatic carbocycles. The lowest BCUT2D eigenvalue weighted by atomic mass is 9.98. The maximum Gasteiger partial charge on any atom is 0.0591 e. The monoisotopic (exact) mass is 419 g/mol. The van der Waals surface area contributed by atoms with Gasteiger partial charge in [0.1, 0.15) is 0 Å². The Labute approximate surface area is 143 Å². The molecule has 1 atom stereocenters. The summed E-state index contributed by atoms with van der Waals surface area (Å²) >= 11 is 14.7. The Morgan fingerprint density at radius 1 is 1.15 bits per heavy atom. The van der Waals surface area contributed by atoms with E-state index in [4.69, 9.17) is 23.2 Å². The molecular formula is C16H16Cl2IN. The molecule has 0 radical (unpaired) electrons. The summed E-state index contributed by atoms with van der Waals surface area (Å²) in [7, 11) is 0. The number of rotatable bonds is 5. The second-order valence-electron chi connectivity index (χ2n) is 4.61. The first-order chi connectivity index (χ1) is 9.61. The van der Waals surface area contributed by atoms with E-state index in [2.05, 4.69) is 59.1 Å². The maximum absolute atomic E-state index is 6.37. The van der Waals surface area contributed by atoms with Crippen LogP contribution in [0, 0.1) is 3.57 Å². The standard InChI is InChI=1S/C16H16Cl2IN/c1-2-8-20-16(11-4-3-5-13(19)9-11)14-7-6-12(17)10-15(14)18/h3-7,9-10,16,20H,2,8H2,1H3. The van der Waals surface area contributed by atoms with Crippen LogP contribution >= 0.6 is 45.8 Å². The molecular weight excluding hydrogens is 404 g/mol. The van der Waals surface area contributed by atoms with Crippen LogP contribution in [0.4, 0.5) is 0 Å². The zero-order chi connectivity index (χ0) is 14.5. The molecule has 2 aromatic carbocycles. The minimum atomic E-state index is 0.0921. The zero-order valence-corrected chi connectivity index (χ0v) is 14.8. The van der Waals surface area contributed by atoms with Gasteiger partial charge in [0.2, 0.25) is 0 Å². The Morgan fingerprint density at radius 2 is 1.95 bits per heavy atom. The van der Waals surface area contributed by atoms with E-state index in [1.807, 2.05) is 12.1 Å². The lowest BCUT2D eigenvalue weighted by molar-refractivity contribution is 0.598. The summed E-state index contributed by atoms with van der Waals surface area (Å²) in [4.78, 5) is 0. The van der Waals surface area contributed by atoms with Crippen LogP contribution < -0.4 is 5.32 Å². The van der Waals surface area contributed by atoms with Gasteiger partial charge < -0.3 is 5.32 Å². The van der Waals surface area contributed by atoms with Crippen molar-refractivity contribution in [1.29, 1.82) is 0 Å². The van der Waals surface area contributed by atoms with Crippen LogP contribution in [-0.2, 0) is 0 Å². The van der Waals surface area contributed by atoms with Gasteiger partial charge in [-0.05, 0) is 70.9 Å². The molecule has 0 aliphatic rings. The third-order valence-corrected chi connectivity index (χ3v) is 4.29. The van der Waals surface area contributed by atoms with Crippen LogP contribution in [0.5, 0.6) is 0 Å². The number of benzene rings is 2. The molecule has 0 fully saturated rings. The smallest absolute Gasteiger partial charge is 0.0591 e. The van der Waals surface area contributed by atoms with Crippen molar-refractivity contribution < 1.29 is 0 Å². The first kappa shape index (κ1) is 16.1. The van der Waals surface area contributed by atoms with Gasteiger partial charge in [-0.2, -0.15) is 0 Å². The Morgan fingerprint density at radius 3 is 2.60 bits per heavy atom. The average molecular weight is 420 g/mol. The largest absolute Gasteiger partial charge is 0.306 e. The van der Waals surface area contributed by atoms with Crippen LogP contribution in [0.2, 0.25) is 10.0 Å². The summed E-state index contributed by atoms with van der Waals surface area (Å²) in [5.74, 6) is 0. The average Bonchev–Trinajstić information content (AvgIpc) is 2.41. The molecule has 0 amide bonds. The second kappa shape index (κ2) is 7.64. The van der Waals surface area contributed by atoms with E-state index < -0.39 is 0 Å². The van der Waals surface area contributed by atoms with Crippen molar-refractivity contribution >= 4 is 45.8 Å². The van der Waals surface area contributed by atoms with E-state index in [1.165, 1.54) is 9.13 Å². The normalized spacial score (nSPS) is 12.4. The van der Waals surface area contributed by atoms with Crippen molar-refractivity contribution in [2.45, 2.75) is 19.4 Å². The van der Waals surface area contributed by atoms with Gasteiger partial charge in [0.25, 0.3) is 0 Å². The van der Waals surface area contributed by atoms with E-state index in [9.17, 15) is 0 Å². The van der Waals surface area contributed by atoms with E-state index >= 15 is 0 Å². The number of hydrogen-bond acceptors (Lipinski definition) is 1. The van der Waals surface area contributed by atoms with Gasteiger partial charge in [-0.15, -0.1) is 0 Å². The molecule has 0 aromatic heterocycles. The Hall–Kier alpha value is -0.290. The van der Waals surface area contributed by atoms with Crippen molar-refractivity contribution in [3.63, 3.8) is 0 Å². The molecule has 0 spiro atoms. The fourth-order valence-electron chi connectivity index (χ4n) is 2.12. The second-order valence-corrected chi connectivity index (χ2v) is 6.70. The van der Waals surface area contributed by atoms with E-state index in [0.29, 0.717) is 10.0 Å². The van der Waals surface area contributed by atoms with E-state index in [-0.39, 0.29) is 6.04 Å². The minimum absolute atomic E-state index is 0.0921. The molecule has 1 unspecified atom stereocenters. The van der Waals surface area contributed by atoms with Gasteiger partial charge in [-0.1, -0.05) is 48.3 Å². The minimum Gasteiger partial charge on any atom is -0.306 e. The summed E-state index contributed by atoms with van der Waals surface area (Å²) in [6.45, 7) is 3.09. The van der Waals surface area contributed by atoms with E-state index in [0.717, 1.165) is 18.5 Å². The van der Waals surface area contributed by atoms with Gasteiger partial charge in [0, 0.05) is 13.6 Å². The first-order valence-electron chi connectivity index (χ1n) is 6.55. The molecule has 1 nitrogen and oxygen atoms in total. The van der Waals surface area contributed by atoms with Crippen LogP contribution in [0.3, 0.4) is 0 Å². The molecule has 4 heteroatoms. The van der Waals surface area contributed by atoms with Crippen molar-refractivity contribution in [1.82, 2.24) is 5.32 Å². The number of halogens is 3. The van der Waals surface area contributed by atoms with Gasteiger partial charge in [-0.3, -0.25) is 0 Å². The molecule has 2 aromatic rings. The molecule has 0 bridgehead atoms. The van der Waals surface area contributed by atoms with Crippen LogP contribution in [-0.4, -0.2) is 6.54 Å². The SMILES string of the molecule is CCCNC(c1cccc(I)c1)c1ccc(Cl)cc1Cl. The molecule has 0 heterocycles. The molecule has 0 saturated heterocycles. The molecule has 106 valence electrons. The van der Waals surface area contributed by atoms with Gasteiger partial charge in [0.05, 0.1) is 6.04 Å². The Balaban J connectivity index is 2.41. The van der Waals surface area contributed by atoms with Gasteiger partial charge >= 0.3 is 0 Å². The number of hydrogen-bond donors (Lipinski definition) is 1. The highest BCUT2D eigenvalue weighted by Crippen LogP contribution is 2.31. The predicted molar refractivity (Wildman–Crippen MR) is 95.8 cm³/mol. The molecule has 2 rings (SSSR count). The van der Waals surface area contributed by atoms with Crippen molar-refractivity contribution in [2.24, 2.45) is 0 Å². The zero-order valence-electron chi connectivity index (χ0n) is 11.2. The summed E-state index contributed by atoms with van der Waals surface area (Å²) < 4.78 is 1.22. The fourth-order valence-corrected chi connectivity index (χ4v) is 3.20. The molecule has 1 N–H and O–H groups in total. The first-order valence-corrected chi connectivity index (χ1v) is 8.39. The van der Waals surface area contributed by atoms with Crippen molar-refractivity contribution in [3.05, 3.63) is 67.2 Å². The quantitative estimate of drug-likeness (QED) is 0.614. The molecule has 20 heavy (non-hydrogen) atoms. The number of nitrogens with one attached hydrogen (secondary N) is 1. The third kappa shape index (κ3) is 4.10. The molecule has 0 saturated carbocycles. The summed E-state index contributed by atoms with van der Waals surface area (Å²) in [6.07, 6.45) is 1.08.